The molecule has 0 aliphatic heterocycles. The lowest BCUT2D eigenvalue weighted by molar-refractivity contribution is 0.241. The minimum Gasteiger partial charge on any atom is -0.491 e. The van der Waals surface area contributed by atoms with Gasteiger partial charge in [0.2, 0.25) is 0 Å². The molecule has 0 unspecified atom stereocenters. The maximum absolute atomic E-state index is 13.9. The molecular formula is C16H21FN4O2. The van der Waals surface area contributed by atoms with Gasteiger partial charge in [-0.05, 0) is 32.4 Å². The van der Waals surface area contributed by atoms with Crippen LogP contribution < -0.4 is 15.4 Å². The molecule has 2 N–H and O–H groups in total. The van der Waals surface area contributed by atoms with Crippen molar-refractivity contribution in [2.45, 2.75) is 32.9 Å². The lowest BCUT2D eigenvalue weighted by Gasteiger charge is -2.12. The van der Waals surface area contributed by atoms with E-state index in [1.807, 2.05) is 24.6 Å². The van der Waals surface area contributed by atoms with Gasteiger partial charge in [0, 0.05) is 31.5 Å². The summed E-state index contributed by atoms with van der Waals surface area (Å²) < 4.78 is 21.2. The minimum atomic E-state index is -0.531. The third-order valence-electron chi connectivity index (χ3n) is 3.00. The number of hydrogen-bond acceptors (Lipinski definition) is 3. The van der Waals surface area contributed by atoms with Gasteiger partial charge in [0.25, 0.3) is 0 Å². The van der Waals surface area contributed by atoms with E-state index in [1.165, 1.54) is 12.1 Å². The lowest BCUT2D eigenvalue weighted by Crippen LogP contribution is -2.30. The average molecular weight is 320 g/mol. The van der Waals surface area contributed by atoms with Crippen molar-refractivity contribution in [1.82, 2.24) is 14.9 Å². The normalized spacial score (nSPS) is 10.6. The molecule has 0 atom stereocenters. The Morgan fingerprint density at radius 1 is 1.43 bits per heavy atom. The molecular weight excluding hydrogens is 299 g/mol. The van der Waals surface area contributed by atoms with Crippen LogP contribution in [0.1, 0.15) is 20.3 Å². The fourth-order valence-electron chi connectivity index (χ4n) is 1.99. The molecule has 6 nitrogen and oxygen atoms in total. The van der Waals surface area contributed by atoms with Crippen LogP contribution in [0.4, 0.5) is 14.9 Å². The predicted octanol–water partition coefficient (Wildman–Crippen LogP) is 3.02. The smallest absolute Gasteiger partial charge is 0.319 e. The highest BCUT2D eigenvalue weighted by Gasteiger charge is 2.08. The van der Waals surface area contributed by atoms with Crippen LogP contribution >= 0.6 is 0 Å². The quantitative estimate of drug-likeness (QED) is 0.771. The van der Waals surface area contributed by atoms with Crippen LogP contribution in [0.25, 0.3) is 0 Å². The van der Waals surface area contributed by atoms with Crippen LogP contribution in [0.3, 0.4) is 0 Å². The van der Waals surface area contributed by atoms with Gasteiger partial charge in [0.1, 0.15) is 11.6 Å². The van der Waals surface area contributed by atoms with E-state index in [1.54, 1.807) is 18.6 Å². The number of benzene rings is 1. The SMILES string of the molecule is CC(C)Oc1ccc(NC(=O)NCCCn2ccnc2)c(F)c1. The molecule has 1 aromatic carbocycles. The van der Waals surface area contributed by atoms with Crippen LogP contribution in [0, 0.1) is 5.82 Å². The molecule has 0 bridgehead atoms. The number of halogens is 1. The number of nitrogens with one attached hydrogen (secondary N) is 2. The first-order valence-electron chi connectivity index (χ1n) is 7.51. The number of imidazole rings is 1. The van der Waals surface area contributed by atoms with Gasteiger partial charge < -0.3 is 19.9 Å². The molecule has 23 heavy (non-hydrogen) atoms. The van der Waals surface area contributed by atoms with Crippen LogP contribution in [-0.2, 0) is 6.54 Å². The maximum Gasteiger partial charge on any atom is 0.319 e. The number of ether oxygens (including phenoxy) is 1. The van der Waals surface area contributed by atoms with Gasteiger partial charge in [-0.15, -0.1) is 0 Å². The number of carbonyl (C=O) groups is 1. The van der Waals surface area contributed by atoms with Gasteiger partial charge >= 0.3 is 6.03 Å². The summed E-state index contributed by atoms with van der Waals surface area (Å²) in [6, 6.07) is 3.93. The first-order valence-corrected chi connectivity index (χ1v) is 7.51. The summed E-state index contributed by atoms with van der Waals surface area (Å²) in [5.74, 6) is -0.0968. The number of aromatic nitrogens is 2. The number of carbonyl (C=O) groups excluding carboxylic acids is 1. The molecule has 7 heteroatoms. The molecule has 0 fully saturated rings. The first-order chi connectivity index (χ1) is 11.0. The zero-order chi connectivity index (χ0) is 16.7. The Balaban J connectivity index is 1.76. The summed E-state index contributed by atoms with van der Waals surface area (Å²) in [6.07, 6.45) is 6.00. The van der Waals surface area contributed by atoms with Crippen LogP contribution in [0.5, 0.6) is 5.75 Å². The number of hydrogen-bond donors (Lipinski definition) is 2. The molecule has 2 amide bonds. The molecule has 124 valence electrons. The molecule has 0 aliphatic rings. The van der Waals surface area contributed by atoms with E-state index in [4.69, 9.17) is 4.74 Å². The van der Waals surface area contributed by atoms with Crippen LogP contribution in [0.2, 0.25) is 0 Å². The molecule has 0 spiro atoms. The second kappa shape index (κ2) is 8.17. The topological polar surface area (TPSA) is 68.2 Å². The van der Waals surface area contributed by atoms with Crippen molar-refractivity contribution < 1.29 is 13.9 Å². The summed E-state index contributed by atoms with van der Waals surface area (Å²) >= 11 is 0. The zero-order valence-electron chi connectivity index (χ0n) is 13.3. The van der Waals surface area contributed by atoms with E-state index < -0.39 is 11.8 Å². The summed E-state index contributed by atoms with van der Waals surface area (Å²) in [7, 11) is 0. The lowest BCUT2D eigenvalue weighted by atomic mass is 10.3. The number of urea groups is 1. The Kier molecular flexibility index (Phi) is 5.96. The average Bonchev–Trinajstić information content (AvgIpc) is 2.99. The molecule has 2 aromatic rings. The second-order valence-corrected chi connectivity index (χ2v) is 5.34. The number of anilines is 1. The van der Waals surface area contributed by atoms with Gasteiger partial charge in [-0.2, -0.15) is 0 Å². The molecule has 0 aliphatic carbocycles. The van der Waals surface area contributed by atoms with Crippen LogP contribution in [0.15, 0.2) is 36.9 Å². The third-order valence-corrected chi connectivity index (χ3v) is 3.00. The van der Waals surface area contributed by atoms with Crippen molar-refractivity contribution in [3.8, 4) is 5.75 Å². The van der Waals surface area contributed by atoms with Gasteiger partial charge in [-0.25, -0.2) is 14.2 Å². The number of rotatable bonds is 7. The van der Waals surface area contributed by atoms with Crippen LogP contribution in [-0.4, -0.2) is 28.2 Å². The fourth-order valence-corrected chi connectivity index (χ4v) is 1.99. The van der Waals surface area contributed by atoms with E-state index in [-0.39, 0.29) is 11.8 Å². The highest BCUT2D eigenvalue weighted by Crippen LogP contribution is 2.21. The fraction of sp³-hybridized carbons (Fsp3) is 0.375. The van der Waals surface area contributed by atoms with Crippen molar-refractivity contribution in [2.24, 2.45) is 0 Å². The Labute approximate surface area is 134 Å². The van der Waals surface area contributed by atoms with Gasteiger partial charge in [0.15, 0.2) is 0 Å². The molecule has 0 radical (unpaired) electrons. The minimum absolute atomic E-state index is 0.0352. The third kappa shape index (κ3) is 5.61. The highest BCUT2D eigenvalue weighted by molar-refractivity contribution is 5.89. The summed E-state index contributed by atoms with van der Waals surface area (Å²) in [5, 5.41) is 5.17. The Morgan fingerprint density at radius 3 is 2.91 bits per heavy atom. The van der Waals surface area contributed by atoms with Gasteiger partial charge in [-0.3, -0.25) is 0 Å². The Bertz CT molecular complexity index is 629. The summed E-state index contributed by atoms with van der Waals surface area (Å²) in [4.78, 5) is 15.7. The highest BCUT2D eigenvalue weighted by atomic mass is 19.1. The maximum atomic E-state index is 13.9. The summed E-state index contributed by atoms with van der Waals surface area (Å²) in [6.45, 7) is 4.97. The molecule has 0 saturated heterocycles. The van der Waals surface area contributed by atoms with E-state index in [0.29, 0.717) is 12.3 Å². The van der Waals surface area contributed by atoms with Crippen molar-refractivity contribution in [3.05, 3.63) is 42.7 Å². The number of amides is 2. The number of nitrogens with zero attached hydrogens (tertiary/aromatic N) is 2. The zero-order valence-corrected chi connectivity index (χ0v) is 13.3. The largest absolute Gasteiger partial charge is 0.491 e. The predicted molar refractivity (Wildman–Crippen MR) is 86.0 cm³/mol. The van der Waals surface area contributed by atoms with Crippen molar-refractivity contribution in [1.29, 1.82) is 0 Å². The van der Waals surface area contributed by atoms with Gasteiger partial charge in [-0.1, -0.05) is 0 Å². The molecule has 1 aromatic heterocycles. The monoisotopic (exact) mass is 320 g/mol. The first kappa shape index (κ1) is 16.8. The van der Waals surface area contributed by atoms with Crippen molar-refractivity contribution >= 4 is 11.7 Å². The van der Waals surface area contributed by atoms with E-state index in [9.17, 15) is 9.18 Å². The molecule has 0 saturated carbocycles. The van der Waals surface area contributed by atoms with Crippen molar-refractivity contribution in [2.75, 3.05) is 11.9 Å². The van der Waals surface area contributed by atoms with Gasteiger partial charge in [0.05, 0.1) is 18.1 Å². The number of aryl methyl sites for hydroxylation is 1. The molecule has 2 rings (SSSR count). The van der Waals surface area contributed by atoms with E-state index >= 15 is 0 Å². The second-order valence-electron chi connectivity index (χ2n) is 5.34. The Hall–Kier alpha value is -2.57. The summed E-state index contributed by atoms with van der Waals surface area (Å²) in [5.41, 5.74) is 0.119. The van der Waals surface area contributed by atoms with E-state index in [0.717, 1.165) is 13.0 Å². The van der Waals surface area contributed by atoms with E-state index in [2.05, 4.69) is 15.6 Å². The van der Waals surface area contributed by atoms with Crippen molar-refractivity contribution in [3.63, 3.8) is 0 Å². The Morgan fingerprint density at radius 2 is 2.26 bits per heavy atom. The standard InChI is InChI=1S/C16H21FN4O2/c1-12(2)23-13-4-5-15(14(17)10-13)20-16(22)19-6-3-8-21-9-7-18-11-21/h4-5,7,9-12H,3,6,8H2,1-2H3,(H2,19,20,22). The molecule has 1 heterocycles.